The van der Waals surface area contributed by atoms with Crippen LogP contribution in [0.15, 0.2) is 18.2 Å². The number of nitrogens with one attached hydrogen (secondary N) is 1. The van der Waals surface area contributed by atoms with Gasteiger partial charge in [0.15, 0.2) is 11.6 Å². The highest BCUT2D eigenvalue weighted by atomic mass is 32.2. The second-order valence-corrected chi connectivity index (χ2v) is 6.38. The molecule has 0 bridgehead atoms. The fraction of sp³-hybridized carbons (Fsp3) is 0.533. The van der Waals surface area contributed by atoms with Gasteiger partial charge < -0.3 is 9.64 Å². The number of methoxy groups -OCH3 is 1. The summed E-state index contributed by atoms with van der Waals surface area (Å²) in [5.74, 6) is -0.135. The van der Waals surface area contributed by atoms with Gasteiger partial charge in [0, 0.05) is 11.8 Å². The van der Waals surface area contributed by atoms with Gasteiger partial charge in [0.05, 0.1) is 13.7 Å². The van der Waals surface area contributed by atoms with Crippen LogP contribution in [0.4, 0.5) is 4.39 Å². The van der Waals surface area contributed by atoms with Crippen LogP contribution in [-0.4, -0.2) is 42.5 Å². The average molecular weight is 312 g/mol. The Labute approximate surface area is 129 Å². The van der Waals surface area contributed by atoms with E-state index in [-0.39, 0.29) is 17.8 Å². The van der Waals surface area contributed by atoms with Crippen LogP contribution in [0.2, 0.25) is 0 Å². The fourth-order valence-corrected chi connectivity index (χ4v) is 2.72. The summed E-state index contributed by atoms with van der Waals surface area (Å²) in [6, 6.07) is 4.82. The van der Waals surface area contributed by atoms with Crippen molar-refractivity contribution in [1.29, 1.82) is 0 Å². The molecule has 0 spiro atoms. The average Bonchev–Trinajstić information content (AvgIpc) is 2.85. The minimum Gasteiger partial charge on any atom is -0.494 e. The molecule has 116 valence electrons. The van der Waals surface area contributed by atoms with Crippen molar-refractivity contribution in [1.82, 2.24) is 10.2 Å². The Hall–Kier alpha value is -1.27. The summed E-state index contributed by atoms with van der Waals surface area (Å²) in [5.41, 5.74) is 0.746. The molecule has 0 radical (unpaired) electrons. The predicted molar refractivity (Wildman–Crippen MR) is 83.0 cm³/mol. The molecule has 1 saturated heterocycles. The van der Waals surface area contributed by atoms with Crippen molar-refractivity contribution in [3.8, 4) is 5.75 Å². The molecular weight excluding hydrogens is 291 g/mol. The van der Waals surface area contributed by atoms with Crippen molar-refractivity contribution in [2.24, 2.45) is 0 Å². The first-order chi connectivity index (χ1) is 10.1. The summed E-state index contributed by atoms with van der Waals surface area (Å²) in [7, 11) is 1.44. The molecule has 1 heterocycles. The van der Waals surface area contributed by atoms with Crippen molar-refractivity contribution in [3.05, 3.63) is 29.6 Å². The Kier molecular flexibility index (Phi) is 5.47. The molecule has 1 aliphatic rings. The number of rotatable bonds is 6. The monoisotopic (exact) mass is 312 g/mol. The molecule has 4 nitrogen and oxygen atoms in total. The fourth-order valence-electron chi connectivity index (χ4n) is 2.38. The zero-order valence-corrected chi connectivity index (χ0v) is 13.4. The Morgan fingerprint density at radius 2 is 2.33 bits per heavy atom. The summed E-state index contributed by atoms with van der Waals surface area (Å²) < 4.78 is 18.8. The van der Waals surface area contributed by atoms with E-state index in [0.29, 0.717) is 18.3 Å². The number of hydrogen-bond donors (Lipinski definition) is 1. The highest BCUT2D eigenvalue weighted by Gasteiger charge is 2.31. The van der Waals surface area contributed by atoms with Crippen LogP contribution in [0.3, 0.4) is 0 Å². The molecule has 0 saturated carbocycles. The van der Waals surface area contributed by atoms with Gasteiger partial charge in [-0.2, -0.15) is 11.8 Å². The summed E-state index contributed by atoms with van der Waals surface area (Å²) >= 11 is 1.78. The standard InChI is InChI=1S/C15H21FN2O2S/c1-10(21-3)6-7-18-14(19)9-17-15(18)11-4-5-13(20-2)12(16)8-11/h4-5,8,10,15,17H,6-7,9H2,1-3H3. The first-order valence-corrected chi connectivity index (χ1v) is 8.24. The van der Waals surface area contributed by atoms with E-state index in [1.54, 1.807) is 28.8 Å². The smallest absolute Gasteiger partial charge is 0.238 e. The van der Waals surface area contributed by atoms with Crippen molar-refractivity contribution >= 4 is 17.7 Å². The van der Waals surface area contributed by atoms with E-state index in [2.05, 4.69) is 18.5 Å². The minimum atomic E-state index is -0.409. The molecular formula is C15H21FN2O2S. The molecule has 1 fully saturated rings. The van der Waals surface area contributed by atoms with E-state index in [1.165, 1.54) is 13.2 Å². The molecule has 1 aliphatic heterocycles. The maximum atomic E-state index is 13.8. The maximum absolute atomic E-state index is 13.8. The molecule has 2 atom stereocenters. The van der Waals surface area contributed by atoms with E-state index in [1.807, 2.05) is 0 Å². The van der Waals surface area contributed by atoms with Crippen LogP contribution in [-0.2, 0) is 4.79 Å². The molecule has 1 amide bonds. The highest BCUT2D eigenvalue weighted by molar-refractivity contribution is 7.99. The number of ether oxygens (including phenoxy) is 1. The van der Waals surface area contributed by atoms with E-state index in [9.17, 15) is 9.18 Å². The van der Waals surface area contributed by atoms with Crippen LogP contribution in [0, 0.1) is 5.82 Å². The summed E-state index contributed by atoms with van der Waals surface area (Å²) in [5, 5.41) is 3.63. The van der Waals surface area contributed by atoms with E-state index in [0.717, 1.165) is 12.0 Å². The maximum Gasteiger partial charge on any atom is 0.238 e. The van der Waals surface area contributed by atoms with Crippen molar-refractivity contribution < 1.29 is 13.9 Å². The first-order valence-electron chi connectivity index (χ1n) is 6.96. The van der Waals surface area contributed by atoms with E-state index < -0.39 is 5.82 Å². The topological polar surface area (TPSA) is 41.6 Å². The molecule has 0 aliphatic carbocycles. The first kappa shape index (κ1) is 16.1. The number of halogens is 1. The van der Waals surface area contributed by atoms with Gasteiger partial charge in [-0.05, 0) is 30.4 Å². The number of carbonyl (C=O) groups is 1. The Morgan fingerprint density at radius 1 is 1.57 bits per heavy atom. The van der Waals surface area contributed by atoms with Crippen LogP contribution in [0.25, 0.3) is 0 Å². The van der Waals surface area contributed by atoms with Gasteiger partial charge in [-0.3, -0.25) is 10.1 Å². The lowest BCUT2D eigenvalue weighted by molar-refractivity contribution is -0.128. The SMILES string of the molecule is COc1ccc(C2NCC(=O)N2CCC(C)SC)cc1F. The van der Waals surface area contributed by atoms with Crippen molar-refractivity contribution in [3.63, 3.8) is 0 Å². The number of carbonyl (C=O) groups excluding carboxylic acids is 1. The number of nitrogens with zero attached hydrogens (tertiary/aromatic N) is 1. The van der Waals surface area contributed by atoms with Crippen molar-refractivity contribution in [2.45, 2.75) is 24.8 Å². The van der Waals surface area contributed by atoms with Gasteiger partial charge in [0.2, 0.25) is 5.91 Å². The van der Waals surface area contributed by atoms with Crippen LogP contribution < -0.4 is 10.1 Å². The van der Waals surface area contributed by atoms with E-state index >= 15 is 0 Å². The zero-order chi connectivity index (χ0) is 15.4. The van der Waals surface area contributed by atoms with Gasteiger partial charge in [-0.15, -0.1) is 0 Å². The molecule has 2 rings (SSSR count). The molecule has 0 aromatic heterocycles. The molecule has 1 aromatic rings. The number of amides is 1. The second-order valence-electron chi connectivity index (χ2n) is 5.10. The van der Waals surface area contributed by atoms with Gasteiger partial charge in [-0.1, -0.05) is 13.0 Å². The second kappa shape index (κ2) is 7.13. The summed E-state index contributed by atoms with van der Waals surface area (Å²) in [6.07, 6.45) is 2.72. The van der Waals surface area contributed by atoms with Gasteiger partial charge in [0.25, 0.3) is 0 Å². The lowest BCUT2D eigenvalue weighted by atomic mass is 10.1. The normalized spacial score (nSPS) is 19.9. The lowest BCUT2D eigenvalue weighted by Gasteiger charge is -2.26. The quantitative estimate of drug-likeness (QED) is 0.876. The van der Waals surface area contributed by atoms with Crippen LogP contribution >= 0.6 is 11.8 Å². The molecule has 2 unspecified atom stereocenters. The third-order valence-corrected chi connectivity index (χ3v) is 4.79. The number of thioether (sulfide) groups is 1. The molecule has 6 heteroatoms. The highest BCUT2D eigenvalue weighted by Crippen LogP contribution is 2.27. The Bertz CT molecular complexity index is 512. The van der Waals surface area contributed by atoms with Crippen LogP contribution in [0.5, 0.6) is 5.75 Å². The Morgan fingerprint density at radius 3 is 2.95 bits per heavy atom. The third-order valence-electron chi connectivity index (χ3n) is 3.75. The number of hydrogen-bond acceptors (Lipinski definition) is 4. The van der Waals surface area contributed by atoms with Gasteiger partial charge >= 0.3 is 0 Å². The van der Waals surface area contributed by atoms with Crippen molar-refractivity contribution in [2.75, 3.05) is 26.5 Å². The minimum absolute atomic E-state index is 0.0597. The third kappa shape index (κ3) is 3.68. The molecule has 21 heavy (non-hydrogen) atoms. The van der Waals surface area contributed by atoms with Gasteiger partial charge in [-0.25, -0.2) is 4.39 Å². The van der Waals surface area contributed by atoms with Crippen LogP contribution in [0.1, 0.15) is 25.1 Å². The van der Waals surface area contributed by atoms with E-state index in [4.69, 9.17) is 4.74 Å². The number of benzene rings is 1. The Balaban J connectivity index is 2.13. The molecule has 1 aromatic carbocycles. The summed E-state index contributed by atoms with van der Waals surface area (Å²) in [4.78, 5) is 13.8. The lowest BCUT2D eigenvalue weighted by Crippen LogP contribution is -2.32. The summed E-state index contributed by atoms with van der Waals surface area (Å²) in [6.45, 7) is 3.11. The predicted octanol–water partition coefficient (Wildman–Crippen LogP) is 2.41. The molecule has 1 N–H and O–H groups in total. The zero-order valence-electron chi connectivity index (χ0n) is 12.6. The van der Waals surface area contributed by atoms with Gasteiger partial charge in [0.1, 0.15) is 6.17 Å². The largest absolute Gasteiger partial charge is 0.494 e.